The lowest BCUT2D eigenvalue weighted by molar-refractivity contribution is 0.0470. The van der Waals surface area contributed by atoms with Crippen LogP contribution in [0.5, 0.6) is 11.5 Å². The van der Waals surface area contributed by atoms with Crippen molar-refractivity contribution in [2.45, 2.75) is 12.8 Å². The molecule has 2 N–H and O–H groups in total. The number of carbonyl (C=O) groups excluding carboxylic acids is 3. The molecule has 1 fully saturated rings. The topological polar surface area (TPSA) is 114 Å². The van der Waals surface area contributed by atoms with Gasteiger partial charge in [0.25, 0.3) is 5.91 Å². The lowest BCUT2D eigenvalue weighted by Gasteiger charge is -2.13. The predicted molar refractivity (Wildman–Crippen MR) is 112 cm³/mol. The van der Waals surface area contributed by atoms with Gasteiger partial charge in [0.15, 0.2) is 6.61 Å². The first-order valence-corrected chi connectivity index (χ1v) is 9.93. The zero-order chi connectivity index (χ0) is 22.0. The van der Waals surface area contributed by atoms with E-state index >= 15 is 0 Å². The van der Waals surface area contributed by atoms with Crippen molar-refractivity contribution in [3.8, 4) is 11.5 Å². The first-order chi connectivity index (χ1) is 15.0. The number of rotatable bonds is 7. The Kier molecular flexibility index (Phi) is 5.66. The van der Waals surface area contributed by atoms with E-state index in [4.69, 9.17) is 14.2 Å². The molecule has 162 valence electrons. The number of H-pyrrole nitrogens is 2. The van der Waals surface area contributed by atoms with Crippen LogP contribution in [0.25, 0.3) is 10.9 Å². The molecule has 0 atom stereocenters. The minimum atomic E-state index is -0.672. The van der Waals surface area contributed by atoms with Crippen LogP contribution in [-0.2, 0) is 4.74 Å². The van der Waals surface area contributed by atoms with Crippen LogP contribution < -0.4 is 9.47 Å². The number of Topliss-reactive ketones (excluding diaryl/α,β-unsaturated/α-hetero) is 1. The number of likely N-dealkylation sites (tertiary alicyclic amines) is 1. The maximum Gasteiger partial charge on any atom is 0.355 e. The molecule has 0 saturated carbocycles. The molecule has 3 aromatic rings. The number of ketones is 1. The quantitative estimate of drug-likeness (QED) is 0.445. The highest BCUT2D eigenvalue weighted by Gasteiger charge is 2.22. The second-order valence-corrected chi connectivity index (χ2v) is 7.28. The van der Waals surface area contributed by atoms with Gasteiger partial charge in [-0.3, -0.25) is 9.59 Å². The minimum absolute atomic E-state index is 0.129. The number of nitrogens with one attached hydrogen (secondary N) is 2. The Bertz CT molecular complexity index is 1140. The first-order valence-electron chi connectivity index (χ1n) is 9.93. The van der Waals surface area contributed by atoms with Crippen LogP contribution >= 0.6 is 0 Å². The summed E-state index contributed by atoms with van der Waals surface area (Å²) in [7, 11) is 3.06. The number of aromatic amines is 2. The van der Waals surface area contributed by atoms with Crippen LogP contribution in [0.1, 0.15) is 44.2 Å². The van der Waals surface area contributed by atoms with Crippen LogP contribution in [0.15, 0.2) is 30.5 Å². The molecule has 1 amide bonds. The number of carbonyl (C=O) groups is 3. The zero-order valence-corrected chi connectivity index (χ0v) is 17.3. The molecule has 0 aliphatic carbocycles. The Hall–Kier alpha value is -3.75. The van der Waals surface area contributed by atoms with E-state index in [-0.39, 0.29) is 11.6 Å². The highest BCUT2D eigenvalue weighted by atomic mass is 16.5. The van der Waals surface area contributed by atoms with Gasteiger partial charge >= 0.3 is 5.97 Å². The molecular formula is C22H23N3O6. The van der Waals surface area contributed by atoms with Crippen LogP contribution in [0.4, 0.5) is 0 Å². The Morgan fingerprint density at radius 2 is 1.77 bits per heavy atom. The molecule has 9 nitrogen and oxygen atoms in total. The summed E-state index contributed by atoms with van der Waals surface area (Å²) in [6.45, 7) is 1.00. The number of amides is 1. The molecule has 0 spiro atoms. The lowest BCUT2D eigenvalue weighted by Crippen LogP contribution is -2.27. The van der Waals surface area contributed by atoms with Crippen molar-refractivity contribution in [2.75, 3.05) is 33.9 Å². The Morgan fingerprint density at radius 3 is 2.48 bits per heavy atom. The lowest BCUT2D eigenvalue weighted by atomic mass is 10.2. The minimum Gasteiger partial charge on any atom is -0.497 e. The molecule has 4 rings (SSSR count). The summed E-state index contributed by atoms with van der Waals surface area (Å²) in [5.74, 6) is -0.0944. The summed E-state index contributed by atoms with van der Waals surface area (Å²) >= 11 is 0. The van der Waals surface area contributed by atoms with Crippen molar-refractivity contribution in [2.24, 2.45) is 0 Å². The number of hydrogen-bond acceptors (Lipinski definition) is 6. The van der Waals surface area contributed by atoms with Gasteiger partial charge in [-0.05, 0) is 31.0 Å². The van der Waals surface area contributed by atoms with Crippen LogP contribution in [0.3, 0.4) is 0 Å². The smallest absolute Gasteiger partial charge is 0.355 e. The first kappa shape index (κ1) is 20.5. The maximum atomic E-state index is 12.4. The monoisotopic (exact) mass is 425 g/mol. The van der Waals surface area contributed by atoms with E-state index in [9.17, 15) is 14.4 Å². The van der Waals surface area contributed by atoms with Gasteiger partial charge in [0, 0.05) is 36.3 Å². The Morgan fingerprint density at radius 1 is 1.00 bits per heavy atom. The Labute approximate surface area is 178 Å². The van der Waals surface area contributed by atoms with Crippen molar-refractivity contribution in [3.63, 3.8) is 0 Å². The average molecular weight is 425 g/mol. The van der Waals surface area contributed by atoms with Crippen molar-refractivity contribution in [1.82, 2.24) is 14.9 Å². The van der Waals surface area contributed by atoms with E-state index in [2.05, 4.69) is 9.97 Å². The van der Waals surface area contributed by atoms with Gasteiger partial charge in [0.1, 0.15) is 22.9 Å². The number of benzene rings is 1. The molecule has 0 bridgehead atoms. The number of aromatic nitrogens is 2. The van der Waals surface area contributed by atoms with Crippen molar-refractivity contribution in [3.05, 3.63) is 47.4 Å². The van der Waals surface area contributed by atoms with Crippen molar-refractivity contribution >= 4 is 28.6 Å². The van der Waals surface area contributed by atoms with Crippen LogP contribution in [0.2, 0.25) is 0 Å². The van der Waals surface area contributed by atoms with E-state index in [0.29, 0.717) is 33.7 Å². The summed E-state index contributed by atoms with van der Waals surface area (Å²) < 4.78 is 15.7. The second kappa shape index (κ2) is 8.55. The molecule has 1 aliphatic rings. The molecule has 3 heterocycles. The zero-order valence-electron chi connectivity index (χ0n) is 17.3. The predicted octanol–water partition coefficient (Wildman–Crippen LogP) is 2.79. The van der Waals surface area contributed by atoms with Gasteiger partial charge in [0.05, 0.1) is 19.7 Å². The fourth-order valence-electron chi connectivity index (χ4n) is 3.63. The van der Waals surface area contributed by atoms with Gasteiger partial charge in [-0.15, -0.1) is 0 Å². The highest BCUT2D eigenvalue weighted by molar-refractivity contribution is 6.03. The van der Waals surface area contributed by atoms with E-state index in [1.165, 1.54) is 19.4 Å². The van der Waals surface area contributed by atoms with Gasteiger partial charge in [-0.2, -0.15) is 0 Å². The van der Waals surface area contributed by atoms with Gasteiger partial charge in [-0.1, -0.05) is 0 Å². The molecule has 9 heteroatoms. The number of ether oxygens (including phenoxy) is 3. The molecule has 0 unspecified atom stereocenters. The fraction of sp³-hybridized carbons (Fsp3) is 0.318. The number of hydrogen-bond donors (Lipinski definition) is 2. The summed E-state index contributed by atoms with van der Waals surface area (Å²) in [5, 5.41) is 0.713. The second-order valence-electron chi connectivity index (χ2n) is 7.28. The Balaban J connectivity index is 1.41. The molecule has 2 aromatic heterocycles. The number of fused-ring (bicyclic) bond motifs is 1. The maximum absolute atomic E-state index is 12.4. The summed E-state index contributed by atoms with van der Waals surface area (Å²) in [6.07, 6.45) is 3.43. The number of nitrogens with zero attached hydrogens (tertiary/aromatic N) is 1. The van der Waals surface area contributed by atoms with E-state index in [1.807, 2.05) is 0 Å². The summed E-state index contributed by atoms with van der Waals surface area (Å²) in [6, 6.07) is 6.56. The molecule has 1 saturated heterocycles. The van der Waals surface area contributed by atoms with Crippen LogP contribution in [-0.4, -0.2) is 66.4 Å². The van der Waals surface area contributed by atoms with E-state index < -0.39 is 18.4 Å². The number of esters is 1. The van der Waals surface area contributed by atoms with Gasteiger partial charge in [-0.25, -0.2) is 4.79 Å². The van der Waals surface area contributed by atoms with Crippen molar-refractivity contribution < 1.29 is 28.6 Å². The SMILES string of the molecule is COc1cc(OC)c2[nH]c(C(=O)OCC(=O)c3c[nH]c(C(=O)N4CCCC4)c3)cc2c1. The summed E-state index contributed by atoms with van der Waals surface area (Å²) in [5.41, 5.74) is 1.46. The summed E-state index contributed by atoms with van der Waals surface area (Å²) in [4.78, 5) is 44.8. The molecular weight excluding hydrogens is 402 g/mol. The molecule has 0 radical (unpaired) electrons. The highest BCUT2D eigenvalue weighted by Crippen LogP contribution is 2.31. The molecule has 1 aromatic carbocycles. The molecule has 31 heavy (non-hydrogen) atoms. The molecule has 1 aliphatic heterocycles. The third-order valence-electron chi connectivity index (χ3n) is 5.30. The van der Waals surface area contributed by atoms with Gasteiger partial charge < -0.3 is 29.1 Å². The van der Waals surface area contributed by atoms with Crippen LogP contribution in [0, 0.1) is 0 Å². The van der Waals surface area contributed by atoms with E-state index in [0.717, 1.165) is 25.9 Å². The standard InChI is InChI=1S/C22H23N3O6/c1-29-15-7-13-8-17(24-20(13)19(10-15)30-2)22(28)31-12-18(26)14-9-16(23-11-14)21(27)25-5-3-4-6-25/h7-11,23-24H,3-6,12H2,1-2H3. The third kappa shape index (κ3) is 4.11. The third-order valence-corrected chi connectivity index (χ3v) is 5.30. The fourth-order valence-corrected chi connectivity index (χ4v) is 3.63. The van der Waals surface area contributed by atoms with Gasteiger partial charge in [0.2, 0.25) is 5.78 Å². The number of methoxy groups -OCH3 is 2. The van der Waals surface area contributed by atoms with Crippen molar-refractivity contribution in [1.29, 1.82) is 0 Å². The average Bonchev–Trinajstić information content (AvgIpc) is 3.55. The largest absolute Gasteiger partial charge is 0.497 e. The van der Waals surface area contributed by atoms with E-state index in [1.54, 1.807) is 30.2 Å². The normalized spacial score (nSPS) is 13.4.